The third kappa shape index (κ3) is 4.28. The third-order valence-corrected chi connectivity index (χ3v) is 7.59. The normalized spacial score (nSPS) is 17.0. The summed E-state index contributed by atoms with van der Waals surface area (Å²) in [5.74, 6) is 1.72. The molecule has 0 saturated carbocycles. The zero-order valence-electron chi connectivity index (χ0n) is 17.6. The zero-order chi connectivity index (χ0) is 21.8. The molecule has 1 aromatic heterocycles. The van der Waals surface area contributed by atoms with E-state index in [-0.39, 0.29) is 10.9 Å². The second-order valence-corrected chi connectivity index (χ2v) is 9.31. The third-order valence-electron chi connectivity index (χ3n) is 5.64. The molecule has 8 nitrogen and oxygen atoms in total. The zero-order valence-corrected chi connectivity index (χ0v) is 18.5. The van der Waals surface area contributed by atoms with Gasteiger partial charge < -0.3 is 9.47 Å². The molecule has 2 aromatic carbocycles. The fraction of sp³-hybridized carbons (Fsp3) is 0.364. The molecular formula is C22H26N4O4S. The first-order chi connectivity index (χ1) is 15.0. The number of hydrogen-bond donors (Lipinski definition) is 0. The lowest BCUT2D eigenvalue weighted by Gasteiger charge is -2.24. The topological polar surface area (TPSA) is 86.6 Å². The van der Waals surface area contributed by atoms with Crippen molar-refractivity contribution in [2.75, 3.05) is 20.8 Å². The Labute approximate surface area is 182 Å². The second-order valence-electron chi connectivity index (χ2n) is 7.42. The summed E-state index contributed by atoms with van der Waals surface area (Å²) in [5, 5.41) is 8.31. The second kappa shape index (κ2) is 9.07. The minimum atomic E-state index is -3.64. The minimum Gasteiger partial charge on any atom is -0.493 e. The molecule has 1 fully saturated rings. The van der Waals surface area contributed by atoms with Crippen LogP contribution in [0.2, 0.25) is 0 Å². The standard InChI is InChI=1S/C22H26N4O4S/c1-29-20-12-11-19(15-21(20)30-2)31(27,28)26-14-6-9-18(26)10-13-22-24-23-16-25(22)17-7-4-3-5-8-17/h3-5,7-8,11-12,15-16,18H,6,9-10,13-14H2,1-2H3. The van der Waals surface area contributed by atoms with Crippen molar-refractivity contribution in [3.63, 3.8) is 0 Å². The average molecular weight is 443 g/mol. The van der Waals surface area contributed by atoms with E-state index in [9.17, 15) is 8.42 Å². The number of para-hydroxylation sites is 1. The van der Waals surface area contributed by atoms with Crippen LogP contribution in [0.1, 0.15) is 25.1 Å². The molecule has 0 bridgehead atoms. The first-order valence-corrected chi connectivity index (χ1v) is 11.7. The van der Waals surface area contributed by atoms with Gasteiger partial charge in [-0.1, -0.05) is 18.2 Å². The van der Waals surface area contributed by atoms with Gasteiger partial charge >= 0.3 is 0 Å². The van der Waals surface area contributed by atoms with Crippen LogP contribution in [0, 0.1) is 0 Å². The van der Waals surface area contributed by atoms with Gasteiger partial charge in [-0.3, -0.25) is 4.57 Å². The Balaban J connectivity index is 1.52. The highest BCUT2D eigenvalue weighted by Gasteiger charge is 2.35. The summed E-state index contributed by atoms with van der Waals surface area (Å²) in [4.78, 5) is 0.213. The van der Waals surface area contributed by atoms with Crippen molar-refractivity contribution < 1.29 is 17.9 Å². The molecule has 3 aromatic rings. The van der Waals surface area contributed by atoms with Gasteiger partial charge in [-0.2, -0.15) is 4.31 Å². The molecule has 1 atom stereocenters. The van der Waals surface area contributed by atoms with E-state index in [4.69, 9.17) is 9.47 Å². The van der Waals surface area contributed by atoms with Gasteiger partial charge in [0.05, 0.1) is 19.1 Å². The van der Waals surface area contributed by atoms with Crippen LogP contribution in [0.5, 0.6) is 11.5 Å². The van der Waals surface area contributed by atoms with Crippen molar-refractivity contribution in [1.29, 1.82) is 0 Å². The number of nitrogens with zero attached hydrogens (tertiary/aromatic N) is 4. The Morgan fingerprint density at radius 2 is 1.84 bits per heavy atom. The van der Waals surface area contributed by atoms with Crippen molar-refractivity contribution in [2.45, 2.75) is 36.6 Å². The molecule has 2 heterocycles. The van der Waals surface area contributed by atoms with E-state index in [2.05, 4.69) is 10.2 Å². The van der Waals surface area contributed by atoms with Crippen LogP contribution < -0.4 is 9.47 Å². The van der Waals surface area contributed by atoms with E-state index in [1.807, 2.05) is 34.9 Å². The molecule has 1 unspecified atom stereocenters. The number of hydrogen-bond acceptors (Lipinski definition) is 6. The maximum atomic E-state index is 13.4. The van der Waals surface area contributed by atoms with Crippen LogP contribution >= 0.6 is 0 Å². The molecule has 1 aliphatic rings. The molecule has 164 valence electrons. The molecule has 0 amide bonds. The SMILES string of the molecule is COc1ccc(S(=O)(=O)N2CCCC2CCc2nncn2-c2ccccc2)cc1OC. The van der Waals surface area contributed by atoms with Crippen molar-refractivity contribution in [1.82, 2.24) is 19.1 Å². The lowest BCUT2D eigenvalue weighted by Crippen LogP contribution is -2.36. The van der Waals surface area contributed by atoms with E-state index in [1.165, 1.54) is 20.3 Å². The fourth-order valence-corrected chi connectivity index (χ4v) is 5.80. The van der Waals surface area contributed by atoms with Crippen LogP contribution in [0.15, 0.2) is 59.8 Å². The van der Waals surface area contributed by atoms with Crippen molar-refractivity contribution >= 4 is 10.0 Å². The summed E-state index contributed by atoms with van der Waals surface area (Å²) in [7, 11) is -0.623. The molecule has 0 N–H and O–H groups in total. The molecule has 0 radical (unpaired) electrons. The van der Waals surface area contributed by atoms with Crippen molar-refractivity contribution in [3.05, 3.63) is 60.7 Å². The smallest absolute Gasteiger partial charge is 0.243 e. The largest absolute Gasteiger partial charge is 0.493 e. The van der Waals surface area contributed by atoms with E-state index in [1.54, 1.807) is 22.8 Å². The highest BCUT2D eigenvalue weighted by Crippen LogP contribution is 2.34. The van der Waals surface area contributed by atoms with Crippen LogP contribution in [-0.2, 0) is 16.4 Å². The van der Waals surface area contributed by atoms with Crippen LogP contribution in [0.4, 0.5) is 0 Å². The Morgan fingerprint density at radius 3 is 2.58 bits per heavy atom. The maximum Gasteiger partial charge on any atom is 0.243 e. The Bertz CT molecular complexity index is 1130. The number of benzene rings is 2. The minimum absolute atomic E-state index is 0.0842. The van der Waals surface area contributed by atoms with Gasteiger partial charge in [0.15, 0.2) is 11.5 Å². The Hall–Kier alpha value is -2.91. The quantitative estimate of drug-likeness (QED) is 0.533. The highest BCUT2D eigenvalue weighted by molar-refractivity contribution is 7.89. The summed E-state index contributed by atoms with van der Waals surface area (Å²) >= 11 is 0. The summed E-state index contributed by atoms with van der Waals surface area (Å²) in [6.07, 6.45) is 4.67. The van der Waals surface area contributed by atoms with Gasteiger partial charge in [-0.15, -0.1) is 10.2 Å². The Kier molecular flexibility index (Phi) is 6.24. The monoisotopic (exact) mass is 442 g/mol. The van der Waals surface area contributed by atoms with Crippen LogP contribution in [0.25, 0.3) is 5.69 Å². The van der Waals surface area contributed by atoms with E-state index < -0.39 is 10.0 Å². The van der Waals surface area contributed by atoms with Gasteiger partial charge in [0, 0.05) is 30.8 Å². The first kappa shape index (κ1) is 21.3. The molecule has 1 aliphatic heterocycles. The number of rotatable bonds is 8. The summed E-state index contributed by atoms with van der Waals surface area (Å²) in [6.45, 7) is 0.507. The number of aryl methyl sites for hydroxylation is 1. The summed E-state index contributed by atoms with van der Waals surface area (Å²) in [5.41, 5.74) is 0.990. The van der Waals surface area contributed by atoms with Crippen molar-refractivity contribution in [3.8, 4) is 17.2 Å². The number of sulfonamides is 1. The van der Waals surface area contributed by atoms with Crippen LogP contribution in [-0.4, -0.2) is 54.3 Å². The summed E-state index contributed by atoms with van der Waals surface area (Å²) < 4.78 is 40.8. The van der Waals surface area contributed by atoms with Crippen LogP contribution in [0.3, 0.4) is 0 Å². The fourth-order valence-electron chi connectivity index (χ4n) is 4.06. The van der Waals surface area contributed by atoms with Gasteiger partial charge in [-0.05, 0) is 43.5 Å². The van der Waals surface area contributed by atoms with E-state index >= 15 is 0 Å². The lowest BCUT2D eigenvalue weighted by atomic mass is 10.1. The number of aromatic nitrogens is 3. The first-order valence-electron chi connectivity index (χ1n) is 10.2. The van der Waals surface area contributed by atoms with Gasteiger partial charge in [0.2, 0.25) is 10.0 Å². The molecule has 4 rings (SSSR count). The molecule has 0 spiro atoms. The molecule has 0 aliphatic carbocycles. The maximum absolute atomic E-state index is 13.4. The summed E-state index contributed by atoms with van der Waals surface area (Å²) in [6, 6.07) is 14.5. The van der Waals surface area contributed by atoms with Crippen molar-refractivity contribution in [2.24, 2.45) is 0 Å². The van der Waals surface area contributed by atoms with E-state index in [0.29, 0.717) is 30.9 Å². The lowest BCUT2D eigenvalue weighted by molar-refractivity contribution is 0.352. The number of methoxy groups -OCH3 is 2. The predicted octanol–water partition coefficient (Wildman–Crippen LogP) is 3.07. The van der Waals surface area contributed by atoms with Gasteiger partial charge in [-0.25, -0.2) is 8.42 Å². The predicted molar refractivity (Wildman–Crippen MR) is 116 cm³/mol. The molecule has 31 heavy (non-hydrogen) atoms. The van der Waals surface area contributed by atoms with E-state index in [0.717, 1.165) is 24.4 Å². The molecule has 1 saturated heterocycles. The molecular weight excluding hydrogens is 416 g/mol. The van der Waals surface area contributed by atoms with Gasteiger partial charge in [0.25, 0.3) is 0 Å². The highest BCUT2D eigenvalue weighted by atomic mass is 32.2. The average Bonchev–Trinajstić information content (AvgIpc) is 3.47. The number of ether oxygens (including phenoxy) is 2. The Morgan fingerprint density at radius 1 is 1.06 bits per heavy atom. The van der Waals surface area contributed by atoms with Gasteiger partial charge in [0.1, 0.15) is 12.2 Å². The molecule has 9 heteroatoms.